The predicted molar refractivity (Wildman–Crippen MR) is 266 cm³/mol. The van der Waals surface area contributed by atoms with E-state index in [1.807, 2.05) is 0 Å². The van der Waals surface area contributed by atoms with Crippen LogP contribution in [0.3, 0.4) is 0 Å². The maximum atomic E-state index is 2.46. The molecule has 3 heteroatoms. The molecule has 0 aliphatic carbocycles. The maximum absolute atomic E-state index is 2.46. The van der Waals surface area contributed by atoms with Gasteiger partial charge in [-0.3, -0.25) is 0 Å². The number of hydrogen-bond acceptors (Lipinski definition) is 1. The summed E-state index contributed by atoms with van der Waals surface area (Å²) in [6.45, 7) is 0. The molecule has 294 valence electrons. The third kappa shape index (κ3) is 5.60. The van der Waals surface area contributed by atoms with Gasteiger partial charge in [0.15, 0.2) is 0 Å². The highest BCUT2D eigenvalue weighted by Gasteiger charge is 2.20. The number of nitrogens with zero attached hydrogens (tertiary/aromatic N) is 3. The molecule has 0 radical (unpaired) electrons. The summed E-state index contributed by atoms with van der Waals surface area (Å²) < 4.78 is 4.84. The second kappa shape index (κ2) is 14.1. The van der Waals surface area contributed by atoms with Crippen LogP contribution in [0.25, 0.3) is 99.0 Å². The molecule has 0 aliphatic heterocycles. The Hall–Kier alpha value is -8.40. The molecule has 0 unspecified atom stereocenters. The van der Waals surface area contributed by atoms with Gasteiger partial charge in [0.25, 0.3) is 0 Å². The normalized spacial score (nSPS) is 11.8. The zero-order valence-corrected chi connectivity index (χ0v) is 34.4. The van der Waals surface area contributed by atoms with Crippen LogP contribution in [-0.2, 0) is 0 Å². The molecule has 0 aliphatic rings. The summed E-state index contributed by atoms with van der Waals surface area (Å²) in [4.78, 5) is 2.39. The van der Waals surface area contributed by atoms with Crippen LogP contribution >= 0.6 is 0 Å². The molecule has 0 bridgehead atoms. The van der Waals surface area contributed by atoms with Crippen molar-refractivity contribution in [1.29, 1.82) is 0 Å². The number of para-hydroxylation sites is 4. The lowest BCUT2D eigenvalue weighted by Gasteiger charge is -2.26. The summed E-state index contributed by atoms with van der Waals surface area (Å²) in [5.74, 6) is 0. The Morgan fingerprint density at radius 3 is 1.17 bits per heavy atom. The molecule has 0 saturated carbocycles. The fourth-order valence-electron chi connectivity index (χ4n) is 10.1. The molecule has 0 fully saturated rings. The van der Waals surface area contributed by atoms with Crippen LogP contribution in [0.15, 0.2) is 237 Å². The lowest BCUT2D eigenvalue weighted by molar-refractivity contribution is 1.18. The van der Waals surface area contributed by atoms with E-state index in [1.165, 1.54) is 93.3 Å². The molecule has 0 amide bonds. The van der Waals surface area contributed by atoms with Gasteiger partial charge in [-0.25, -0.2) is 0 Å². The monoisotopic (exact) mass is 801 g/mol. The van der Waals surface area contributed by atoms with Crippen molar-refractivity contribution in [3.05, 3.63) is 237 Å². The molecule has 0 saturated heterocycles. The van der Waals surface area contributed by atoms with Crippen molar-refractivity contribution in [2.45, 2.75) is 0 Å². The highest BCUT2D eigenvalue weighted by atomic mass is 15.1. The summed E-state index contributed by atoms with van der Waals surface area (Å²) in [6.07, 6.45) is 0. The van der Waals surface area contributed by atoms with Crippen LogP contribution < -0.4 is 4.90 Å². The van der Waals surface area contributed by atoms with Gasteiger partial charge in [0.05, 0.1) is 27.6 Å². The lowest BCUT2D eigenvalue weighted by Crippen LogP contribution is -2.10. The Morgan fingerprint density at radius 2 is 0.635 bits per heavy atom. The minimum absolute atomic E-state index is 1.10. The fraction of sp³-hybridized carbons (Fsp3) is 0. The molecule has 0 N–H and O–H groups in total. The summed E-state index contributed by atoms with van der Waals surface area (Å²) in [6, 6.07) is 86.3. The van der Waals surface area contributed by atoms with E-state index in [0.29, 0.717) is 0 Å². The van der Waals surface area contributed by atoms with Gasteiger partial charge >= 0.3 is 0 Å². The first-order chi connectivity index (χ1) is 31.2. The van der Waals surface area contributed by atoms with Crippen molar-refractivity contribution in [3.63, 3.8) is 0 Å². The zero-order chi connectivity index (χ0) is 41.4. The van der Waals surface area contributed by atoms with Crippen LogP contribution in [0, 0.1) is 0 Å². The van der Waals surface area contributed by atoms with Gasteiger partial charge in [-0.1, -0.05) is 170 Å². The Morgan fingerprint density at radius 1 is 0.254 bits per heavy atom. The van der Waals surface area contributed by atoms with E-state index < -0.39 is 0 Å². The standard InChI is InChI=1S/C60H39N3/c1-2-11-40(12-3-1)41-21-23-42(24-22-41)43-25-31-46(32-26-43)61(49-37-38-53-55-17-10-16-54-52-15-6-9-20-58(52)63(60(54)55)59(53)39-49)47-33-27-44(28-34-47)45-29-35-48(36-30-45)62-56-18-7-4-13-50(56)51-14-5-8-19-57(51)62/h1-39H. The first-order valence-corrected chi connectivity index (χ1v) is 21.7. The Balaban J connectivity index is 0.898. The topological polar surface area (TPSA) is 12.6 Å². The quantitative estimate of drug-likeness (QED) is 0.156. The van der Waals surface area contributed by atoms with E-state index >= 15 is 0 Å². The lowest BCUT2D eigenvalue weighted by atomic mass is 10.00. The van der Waals surface area contributed by atoms with Gasteiger partial charge in [-0.2, -0.15) is 0 Å². The molecule has 3 heterocycles. The minimum Gasteiger partial charge on any atom is -0.310 e. The molecule has 0 spiro atoms. The third-order valence-electron chi connectivity index (χ3n) is 13.1. The maximum Gasteiger partial charge on any atom is 0.0620 e. The molecular formula is C60H39N3. The Labute approximate surface area is 364 Å². The fourth-order valence-corrected chi connectivity index (χ4v) is 10.1. The SMILES string of the molecule is c1ccc(-c2ccc(-c3ccc(N(c4ccc(-c5ccc(-n6c7ccccc7c7ccccc76)cc5)cc4)c4ccc5c6cccc7c8ccccc8n(c5c4)c76)cc3)cc2)cc1. The number of aromatic nitrogens is 2. The number of anilines is 3. The first-order valence-electron chi connectivity index (χ1n) is 21.7. The second-order valence-electron chi connectivity index (χ2n) is 16.5. The van der Waals surface area contributed by atoms with Crippen molar-refractivity contribution < 1.29 is 0 Å². The van der Waals surface area contributed by atoms with Crippen molar-refractivity contribution in [3.8, 4) is 39.1 Å². The van der Waals surface area contributed by atoms with Crippen LogP contribution in [-0.4, -0.2) is 8.97 Å². The highest BCUT2D eigenvalue weighted by Crippen LogP contribution is 2.43. The Kier molecular flexibility index (Phi) is 7.91. The molecule has 3 nitrogen and oxygen atoms in total. The van der Waals surface area contributed by atoms with Gasteiger partial charge in [-0.05, 0) is 100 Å². The predicted octanol–water partition coefficient (Wildman–Crippen LogP) is 16.4. The molecule has 13 rings (SSSR count). The number of fused-ring (bicyclic) bond motifs is 9. The van der Waals surface area contributed by atoms with E-state index in [1.54, 1.807) is 0 Å². The van der Waals surface area contributed by atoms with E-state index in [0.717, 1.165) is 22.7 Å². The zero-order valence-electron chi connectivity index (χ0n) is 34.4. The average molecular weight is 802 g/mol. The van der Waals surface area contributed by atoms with Gasteiger partial charge in [0.2, 0.25) is 0 Å². The van der Waals surface area contributed by atoms with E-state index in [-0.39, 0.29) is 0 Å². The molecular weight excluding hydrogens is 763 g/mol. The first kappa shape index (κ1) is 35.4. The van der Waals surface area contributed by atoms with E-state index in [2.05, 4.69) is 250 Å². The highest BCUT2D eigenvalue weighted by molar-refractivity contribution is 6.23. The minimum atomic E-state index is 1.10. The largest absolute Gasteiger partial charge is 0.310 e. The van der Waals surface area contributed by atoms with Crippen LogP contribution in [0.2, 0.25) is 0 Å². The average Bonchev–Trinajstić information content (AvgIpc) is 4.00. The summed E-state index contributed by atoms with van der Waals surface area (Å²) in [5, 5.41) is 7.67. The van der Waals surface area contributed by atoms with Crippen LogP contribution in [0.1, 0.15) is 0 Å². The van der Waals surface area contributed by atoms with Crippen LogP contribution in [0.5, 0.6) is 0 Å². The van der Waals surface area contributed by atoms with Crippen LogP contribution in [0.4, 0.5) is 17.1 Å². The van der Waals surface area contributed by atoms with Gasteiger partial charge < -0.3 is 13.9 Å². The molecule has 13 aromatic rings. The van der Waals surface area contributed by atoms with Crippen molar-refractivity contribution >= 4 is 77.0 Å². The number of hydrogen-bond donors (Lipinski definition) is 0. The second-order valence-corrected chi connectivity index (χ2v) is 16.5. The third-order valence-corrected chi connectivity index (χ3v) is 13.1. The van der Waals surface area contributed by atoms with Crippen molar-refractivity contribution in [2.75, 3.05) is 4.90 Å². The molecule has 63 heavy (non-hydrogen) atoms. The summed E-state index contributed by atoms with van der Waals surface area (Å²) in [5.41, 5.74) is 17.8. The Bertz CT molecular complexity index is 3750. The molecule has 10 aromatic carbocycles. The van der Waals surface area contributed by atoms with Gasteiger partial charge in [0.1, 0.15) is 0 Å². The van der Waals surface area contributed by atoms with Crippen molar-refractivity contribution in [1.82, 2.24) is 8.97 Å². The van der Waals surface area contributed by atoms with E-state index in [4.69, 9.17) is 0 Å². The van der Waals surface area contributed by atoms with Gasteiger partial charge in [-0.15, -0.1) is 0 Å². The number of benzene rings is 10. The summed E-state index contributed by atoms with van der Waals surface area (Å²) in [7, 11) is 0. The smallest absolute Gasteiger partial charge is 0.0620 e. The van der Waals surface area contributed by atoms with Gasteiger partial charge in [0, 0.05) is 55.1 Å². The van der Waals surface area contributed by atoms with E-state index in [9.17, 15) is 0 Å². The van der Waals surface area contributed by atoms with Crippen molar-refractivity contribution in [2.24, 2.45) is 0 Å². The molecule has 3 aromatic heterocycles. The number of rotatable bonds is 7. The summed E-state index contributed by atoms with van der Waals surface area (Å²) >= 11 is 0. The molecule has 0 atom stereocenters.